The smallest absolute Gasteiger partial charge is 0.243 e. The van der Waals surface area contributed by atoms with Crippen molar-refractivity contribution in [3.63, 3.8) is 0 Å². The highest BCUT2D eigenvalue weighted by Crippen LogP contribution is 2.30. The van der Waals surface area contributed by atoms with Crippen molar-refractivity contribution in [1.29, 1.82) is 0 Å². The molecule has 2 heterocycles. The van der Waals surface area contributed by atoms with E-state index in [1.165, 1.54) is 0 Å². The van der Waals surface area contributed by atoms with Crippen molar-refractivity contribution in [3.05, 3.63) is 42.0 Å². The van der Waals surface area contributed by atoms with Crippen LogP contribution in [0.3, 0.4) is 0 Å². The molecule has 26 heavy (non-hydrogen) atoms. The van der Waals surface area contributed by atoms with Gasteiger partial charge in [0.2, 0.25) is 10.0 Å². The van der Waals surface area contributed by atoms with E-state index in [1.54, 1.807) is 28.7 Å². The van der Waals surface area contributed by atoms with E-state index in [2.05, 4.69) is 10.3 Å². The van der Waals surface area contributed by atoms with Crippen LogP contribution in [0.4, 0.5) is 0 Å². The summed E-state index contributed by atoms with van der Waals surface area (Å²) in [4.78, 5) is 4.64. The predicted octanol–water partition coefficient (Wildman–Crippen LogP) is 1.85. The summed E-state index contributed by atoms with van der Waals surface area (Å²) in [5.41, 5.74) is 0.809. The molecule has 0 bridgehead atoms. The average Bonchev–Trinajstić information content (AvgIpc) is 3.02. The van der Waals surface area contributed by atoms with Crippen LogP contribution in [0.1, 0.15) is 31.3 Å². The summed E-state index contributed by atoms with van der Waals surface area (Å²) in [6.45, 7) is 7.32. The Bertz CT molecular complexity index is 876. The average molecular weight is 378 g/mol. The summed E-state index contributed by atoms with van der Waals surface area (Å²) in [6.07, 6.45) is 3.56. The van der Waals surface area contributed by atoms with Gasteiger partial charge in [-0.2, -0.15) is 4.31 Å². The molecule has 0 spiro atoms. The number of nitrogens with one attached hydrogen (secondary N) is 1. The van der Waals surface area contributed by atoms with Gasteiger partial charge in [-0.1, -0.05) is 0 Å². The van der Waals surface area contributed by atoms with Gasteiger partial charge < -0.3 is 14.6 Å². The first-order valence-corrected chi connectivity index (χ1v) is 10.2. The predicted molar refractivity (Wildman–Crippen MR) is 99.7 cm³/mol. The van der Waals surface area contributed by atoms with Gasteiger partial charge in [-0.05, 0) is 44.5 Å². The molecule has 0 aliphatic carbocycles. The normalized spacial score (nSPS) is 19.0. The number of benzene rings is 1. The van der Waals surface area contributed by atoms with Gasteiger partial charge in [0, 0.05) is 39.1 Å². The van der Waals surface area contributed by atoms with Crippen LogP contribution in [0, 0.1) is 6.92 Å². The van der Waals surface area contributed by atoms with Crippen molar-refractivity contribution in [2.24, 2.45) is 7.05 Å². The third kappa shape index (κ3) is 3.62. The van der Waals surface area contributed by atoms with Crippen LogP contribution in [0.25, 0.3) is 0 Å². The highest BCUT2D eigenvalue weighted by Gasteiger charge is 2.36. The van der Waals surface area contributed by atoms with E-state index < -0.39 is 10.0 Å². The van der Waals surface area contributed by atoms with Crippen LogP contribution < -0.4 is 10.1 Å². The lowest BCUT2D eigenvalue weighted by molar-refractivity contribution is 0.240. The fourth-order valence-corrected chi connectivity index (χ4v) is 4.87. The molecule has 1 aliphatic heterocycles. The van der Waals surface area contributed by atoms with Crippen LogP contribution in [0.15, 0.2) is 35.5 Å². The number of imidazole rings is 1. The van der Waals surface area contributed by atoms with E-state index in [9.17, 15) is 8.42 Å². The van der Waals surface area contributed by atoms with Crippen molar-refractivity contribution in [1.82, 2.24) is 19.2 Å². The van der Waals surface area contributed by atoms with Gasteiger partial charge in [0.15, 0.2) is 0 Å². The van der Waals surface area contributed by atoms with Crippen LogP contribution in [0.5, 0.6) is 5.75 Å². The van der Waals surface area contributed by atoms with Gasteiger partial charge in [-0.3, -0.25) is 0 Å². The van der Waals surface area contributed by atoms with E-state index in [0.29, 0.717) is 25.4 Å². The Morgan fingerprint density at radius 3 is 2.73 bits per heavy atom. The maximum Gasteiger partial charge on any atom is 0.243 e. The van der Waals surface area contributed by atoms with Gasteiger partial charge in [-0.15, -0.1) is 0 Å². The van der Waals surface area contributed by atoms with E-state index in [4.69, 9.17) is 4.74 Å². The van der Waals surface area contributed by atoms with Crippen LogP contribution in [-0.2, 0) is 17.1 Å². The quantitative estimate of drug-likeness (QED) is 0.859. The molecular weight excluding hydrogens is 352 g/mol. The number of piperazine rings is 1. The Hall–Kier alpha value is -1.90. The van der Waals surface area contributed by atoms with Gasteiger partial charge >= 0.3 is 0 Å². The first-order chi connectivity index (χ1) is 12.3. The number of hydrogen-bond donors (Lipinski definition) is 1. The highest BCUT2D eigenvalue weighted by molar-refractivity contribution is 7.89. The summed E-state index contributed by atoms with van der Waals surface area (Å²) in [5.74, 6) is 1.44. The molecule has 0 radical (unpaired) electrons. The Morgan fingerprint density at radius 1 is 1.35 bits per heavy atom. The molecule has 1 atom stereocenters. The number of sulfonamides is 1. The molecule has 142 valence electrons. The van der Waals surface area contributed by atoms with Crippen LogP contribution in [0.2, 0.25) is 0 Å². The third-order valence-electron chi connectivity index (χ3n) is 4.47. The molecule has 7 nitrogen and oxygen atoms in total. The molecular formula is C18H26N4O3S. The molecule has 1 aromatic carbocycles. The Kier molecular flexibility index (Phi) is 5.36. The summed E-state index contributed by atoms with van der Waals surface area (Å²) in [7, 11) is -1.76. The van der Waals surface area contributed by atoms with Crippen molar-refractivity contribution in [2.75, 3.05) is 19.6 Å². The molecule has 1 N–H and O–H groups in total. The molecule has 0 saturated carbocycles. The molecule has 3 rings (SSSR count). The lowest BCUT2D eigenvalue weighted by atomic mass is 10.2. The number of aromatic nitrogens is 2. The molecule has 2 aromatic rings. The molecule has 1 aromatic heterocycles. The first-order valence-electron chi connectivity index (χ1n) is 8.78. The summed E-state index contributed by atoms with van der Waals surface area (Å²) in [5, 5.41) is 3.27. The SMILES string of the molecule is Cc1cc(S(=O)(=O)N2CCNCC2c2nccn2C)ccc1OC(C)C. The zero-order chi connectivity index (χ0) is 18.9. The second-order valence-corrected chi connectivity index (χ2v) is 8.72. The minimum absolute atomic E-state index is 0.0390. The van der Waals surface area contributed by atoms with Gasteiger partial charge in [0.05, 0.1) is 17.0 Å². The number of nitrogens with zero attached hydrogens (tertiary/aromatic N) is 3. The number of rotatable bonds is 5. The van der Waals surface area contributed by atoms with Gasteiger partial charge in [-0.25, -0.2) is 13.4 Å². The Balaban J connectivity index is 1.95. The molecule has 8 heteroatoms. The number of hydrogen-bond acceptors (Lipinski definition) is 5. The molecule has 1 aliphatic rings. The van der Waals surface area contributed by atoms with Crippen LogP contribution in [-0.4, -0.2) is 48.0 Å². The lowest BCUT2D eigenvalue weighted by Crippen LogP contribution is -2.49. The summed E-state index contributed by atoms with van der Waals surface area (Å²) in [6, 6.07) is 4.71. The standard InChI is InChI=1S/C18H26N4O3S/c1-13(2)25-17-6-5-15(11-14(17)3)26(23,24)22-10-7-19-12-16(22)18-20-8-9-21(18)4/h5-6,8-9,11,13,16,19H,7,10,12H2,1-4H3. The largest absolute Gasteiger partial charge is 0.491 e. The molecule has 1 unspecified atom stereocenters. The first kappa shape index (κ1) is 18.9. The van der Waals surface area contributed by atoms with Gasteiger partial charge in [0.25, 0.3) is 0 Å². The van der Waals surface area contributed by atoms with Crippen LogP contribution >= 0.6 is 0 Å². The minimum Gasteiger partial charge on any atom is -0.491 e. The Labute approximate surface area is 155 Å². The second-order valence-electron chi connectivity index (χ2n) is 6.83. The summed E-state index contributed by atoms with van der Waals surface area (Å²) < 4.78 is 35.8. The van der Waals surface area contributed by atoms with Crippen molar-refractivity contribution in [2.45, 2.75) is 37.8 Å². The van der Waals surface area contributed by atoms with E-state index >= 15 is 0 Å². The Morgan fingerprint density at radius 2 is 2.12 bits per heavy atom. The maximum absolute atomic E-state index is 13.3. The van der Waals surface area contributed by atoms with Crippen molar-refractivity contribution >= 4 is 10.0 Å². The zero-order valence-corrected chi connectivity index (χ0v) is 16.5. The van der Waals surface area contributed by atoms with Crippen molar-refractivity contribution < 1.29 is 13.2 Å². The topological polar surface area (TPSA) is 76.5 Å². The maximum atomic E-state index is 13.3. The monoisotopic (exact) mass is 378 g/mol. The lowest BCUT2D eigenvalue weighted by Gasteiger charge is -2.34. The third-order valence-corrected chi connectivity index (χ3v) is 6.37. The fraction of sp³-hybridized carbons (Fsp3) is 0.500. The zero-order valence-electron chi connectivity index (χ0n) is 15.6. The summed E-state index contributed by atoms with van der Waals surface area (Å²) >= 11 is 0. The van der Waals surface area contributed by atoms with E-state index in [-0.39, 0.29) is 17.0 Å². The molecule has 0 amide bonds. The van der Waals surface area contributed by atoms with Gasteiger partial charge in [0.1, 0.15) is 11.6 Å². The van der Waals surface area contributed by atoms with Crippen molar-refractivity contribution in [3.8, 4) is 5.75 Å². The second kappa shape index (κ2) is 7.38. The van der Waals surface area contributed by atoms with E-state index in [1.807, 2.05) is 38.6 Å². The molecule has 1 fully saturated rings. The number of ether oxygens (including phenoxy) is 1. The number of aryl methyl sites for hydroxylation is 2. The molecule has 1 saturated heterocycles. The van der Waals surface area contributed by atoms with E-state index in [0.717, 1.165) is 11.4 Å². The fourth-order valence-electron chi connectivity index (χ4n) is 3.20. The minimum atomic E-state index is -3.64. The highest BCUT2D eigenvalue weighted by atomic mass is 32.2.